The summed E-state index contributed by atoms with van der Waals surface area (Å²) in [5.74, 6) is -2.65. The van der Waals surface area contributed by atoms with Crippen molar-refractivity contribution in [3.8, 4) is 0 Å². The number of hydrogen-bond acceptors (Lipinski definition) is 13. The van der Waals surface area contributed by atoms with Gasteiger partial charge in [-0.15, -0.1) is 0 Å². The first-order chi connectivity index (χ1) is 30.2. The molecule has 19 atom stereocenters. The second-order valence-electron chi connectivity index (χ2n) is 19.2. The number of allylic oxidation sites excluding steroid dienone is 2. The second-order valence-corrected chi connectivity index (χ2v) is 20.1. The zero-order valence-corrected chi connectivity index (χ0v) is 40.2. The topological polar surface area (TPSA) is 143 Å². The lowest BCUT2D eigenvalue weighted by Crippen LogP contribution is -2.59. The highest BCUT2D eigenvalue weighted by Gasteiger charge is 2.60. The Morgan fingerprint density at radius 1 is 0.921 bits per heavy atom. The van der Waals surface area contributed by atoms with Gasteiger partial charge in [-0.1, -0.05) is 35.9 Å². The van der Waals surface area contributed by atoms with Gasteiger partial charge < -0.3 is 53.2 Å². The Hall–Kier alpha value is -1.89. The van der Waals surface area contributed by atoms with E-state index >= 15 is 4.79 Å². The molecule has 5 fully saturated rings. The maximum absolute atomic E-state index is 15.2. The molecule has 0 radical (unpaired) electrons. The first kappa shape index (κ1) is 49.0. The first-order valence-corrected chi connectivity index (χ1v) is 24.1. The highest BCUT2D eigenvalue weighted by Crippen LogP contribution is 2.57. The van der Waals surface area contributed by atoms with Gasteiger partial charge in [0, 0.05) is 56.3 Å². The number of esters is 1. The fourth-order valence-electron chi connectivity index (χ4n) is 12.2. The number of rotatable bonds is 12. The molecule has 13 nitrogen and oxygen atoms in total. The number of carbonyl (C=O) groups is 2. The Labute approximate surface area is 381 Å². The number of cyclic esters (lactones) is 1. The summed E-state index contributed by atoms with van der Waals surface area (Å²) in [6, 6.07) is 4.27. The predicted octanol–water partition coefficient (Wildman–Crippen LogP) is 6.35. The number of halogens is 2. The van der Waals surface area contributed by atoms with Crippen LogP contribution in [0.2, 0.25) is 0 Å². The number of likely N-dealkylation sites (N-methyl/N-ethyl adjacent to an activating group) is 1. The highest BCUT2D eigenvalue weighted by atomic mass is 79.9. The minimum absolute atomic E-state index is 0.00305. The molecule has 1 aromatic carbocycles. The van der Waals surface area contributed by atoms with E-state index in [1.807, 2.05) is 20.8 Å². The van der Waals surface area contributed by atoms with Crippen molar-refractivity contribution in [2.24, 2.45) is 35.5 Å². The maximum Gasteiger partial charge on any atom is 0.306 e. The van der Waals surface area contributed by atoms with Crippen LogP contribution >= 0.6 is 15.9 Å². The van der Waals surface area contributed by atoms with Crippen LogP contribution in [0.5, 0.6) is 0 Å². The lowest BCUT2D eigenvalue weighted by Gasteiger charge is -2.47. The number of aliphatic hydroxyl groups is 1. The van der Waals surface area contributed by atoms with Crippen LogP contribution in [0.1, 0.15) is 91.0 Å². The number of fused-ring (bicyclic) bond motifs is 5. The Kier molecular flexibility index (Phi) is 16.6. The molecule has 7 rings (SSSR count). The monoisotopic (exact) mass is 950 g/mol. The third-order valence-corrected chi connectivity index (χ3v) is 16.2. The normalized spacial score (nSPS) is 42.4. The lowest BCUT2D eigenvalue weighted by molar-refractivity contribution is -0.314. The van der Waals surface area contributed by atoms with Crippen LogP contribution in [0, 0.1) is 41.3 Å². The number of carbonyl (C=O) groups excluding carboxylic acids is 2. The molecule has 0 bridgehead atoms. The van der Waals surface area contributed by atoms with Gasteiger partial charge in [0.05, 0.1) is 36.9 Å². The first-order valence-electron chi connectivity index (χ1n) is 23.3. The van der Waals surface area contributed by atoms with E-state index in [9.17, 15) is 14.3 Å². The third kappa shape index (κ3) is 10.5. The number of nitrogens with zero attached hydrogens (tertiary/aromatic N) is 1. The highest BCUT2D eigenvalue weighted by molar-refractivity contribution is 9.10. The van der Waals surface area contributed by atoms with Crippen LogP contribution in [-0.4, -0.2) is 137 Å². The zero-order valence-electron chi connectivity index (χ0n) is 38.6. The average Bonchev–Trinajstić information content (AvgIpc) is 3.84. The molecule has 63 heavy (non-hydrogen) atoms. The van der Waals surface area contributed by atoms with E-state index in [0.29, 0.717) is 43.2 Å². The molecule has 3 unspecified atom stereocenters. The van der Waals surface area contributed by atoms with Crippen LogP contribution in [-0.2, 0) is 54.0 Å². The SMILES string of the molecule is CC[C@H]1CCC[C@H](O[C@H]2CC[C@H](N(C)C)C(C)O2)[C@@H](C)C(=O)C2=C[C@H]3[C@@H]4C[C@H](O[C@@H]5OC(C)[C@H](OC)[C@@H](OC)C5OC)C[C@H]4[C@@H](O)[C@H](NCc4cc(F)ccc4Br)[C@H]3[C@@H]2CC(=O)O1. The maximum atomic E-state index is 15.2. The van der Waals surface area contributed by atoms with E-state index in [1.165, 1.54) is 12.1 Å². The van der Waals surface area contributed by atoms with Gasteiger partial charge in [-0.25, -0.2) is 4.39 Å². The number of benzene rings is 1. The molecule has 3 saturated heterocycles. The molecule has 3 aliphatic heterocycles. The quantitative estimate of drug-likeness (QED) is 0.225. The molecular weight excluding hydrogens is 879 g/mol. The van der Waals surface area contributed by atoms with E-state index in [0.717, 1.165) is 23.7 Å². The number of ether oxygens (including phenoxy) is 8. The number of ketones is 1. The van der Waals surface area contributed by atoms with Crippen LogP contribution in [0.3, 0.4) is 0 Å². The molecule has 15 heteroatoms. The van der Waals surface area contributed by atoms with Gasteiger partial charge in [-0.05, 0) is 132 Å². The third-order valence-electron chi connectivity index (χ3n) is 15.4. The standard InChI is InChI=1S/C48H72BrFN2O11/c1-10-29-12-11-13-38(63-40-17-16-37(52(5)6)25(3)59-40)24(2)43(54)35-21-32-31-19-30(62-48-47(58-9)46(57-8)45(56-7)26(4)60-48)20-34(31)44(55)42(41(32)33(35)22-39(53)61-29)51-23-27-18-28(50)14-15-36(27)49/h14-15,18,21,24-26,29-34,37-38,40-42,44-48,51,55H,10-13,16-17,19-20,22-23H2,1-9H3/t24-,25?,26?,29+,30+,31+,32+,33-,34-,37+,38+,40+,41-,42-,44-,45+,46-,47?,48+/m1/s1. The number of methoxy groups -OCH3 is 3. The number of aliphatic hydroxyl groups excluding tert-OH is 1. The summed E-state index contributed by atoms with van der Waals surface area (Å²) in [5, 5.41) is 16.2. The summed E-state index contributed by atoms with van der Waals surface area (Å²) in [6.07, 6.45) is 2.79. The van der Waals surface area contributed by atoms with Crippen molar-refractivity contribution in [2.45, 2.75) is 172 Å². The van der Waals surface area contributed by atoms with Gasteiger partial charge in [-0.2, -0.15) is 0 Å². The smallest absolute Gasteiger partial charge is 0.306 e. The Morgan fingerprint density at radius 3 is 2.33 bits per heavy atom. The van der Waals surface area contributed by atoms with E-state index in [2.05, 4.69) is 53.2 Å². The molecule has 1 aromatic rings. The van der Waals surface area contributed by atoms with E-state index in [4.69, 9.17) is 37.9 Å². The molecule has 354 valence electrons. The second kappa shape index (κ2) is 21.4. The molecule has 0 aromatic heterocycles. The van der Waals surface area contributed by atoms with Crippen molar-refractivity contribution in [3.63, 3.8) is 0 Å². The average molecular weight is 952 g/mol. The predicted molar refractivity (Wildman–Crippen MR) is 236 cm³/mol. The summed E-state index contributed by atoms with van der Waals surface area (Å²) in [7, 11) is 8.98. The zero-order chi connectivity index (χ0) is 45.3. The van der Waals surface area contributed by atoms with Gasteiger partial charge in [0.2, 0.25) is 0 Å². The fraction of sp³-hybridized carbons (Fsp3) is 0.792. The fourth-order valence-corrected chi connectivity index (χ4v) is 12.6. The summed E-state index contributed by atoms with van der Waals surface area (Å²) in [4.78, 5) is 31.4. The summed E-state index contributed by atoms with van der Waals surface area (Å²) in [6.45, 7) is 8.24. The molecule has 0 spiro atoms. The van der Waals surface area contributed by atoms with E-state index < -0.39 is 54.9 Å². The molecule has 2 saturated carbocycles. The van der Waals surface area contributed by atoms with E-state index in [-0.39, 0.29) is 90.8 Å². The molecular formula is C48H72BrFN2O11. The van der Waals surface area contributed by atoms with Crippen molar-refractivity contribution in [3.05, 3.63) is 45.7 Å². The van der Waals surface area contributed by atoms with Gasteiger partial charge in [0.1, 0.15) is 30.2 Å². The molecule has 2 N–H and O–H groups in total. The Balaban J connectivity index is 1.21. The van der Waals surface area contributed by atoms with Crippen LogP contribution in [0.4, 0.5) is 4.39 Å². The van der Waals surface area contributed by atoms with Crippen molar-refractivity contribution in [2.75, 3.05) is 35.4 Å². The number of nitrogens with one attached hydrogen (secondary N) is 1. The minimum atomic E-state index is -0.875. The molecule has 3 aliphatic carbocycles. The van der Waals surface area contributed by atoms with Crippen LogP contribution in [0.25, 0.3) is 0 Å². The van der Waals surface area contributed by atoms with Crippen LogP contribution in [0.15, 0.2) is 34.3 Å². The van der Waals surface area contributed by atoms with Crippen molar-refractivity contribution < 1.29 is 57.0 Å². The largest absolute Gasteiger partial charge is 0.462 e. The van der Waals surface area contributed by atoms with Gasteiger partial charge in [-0.3, -0.25) is 9.59 Å². The van der Waals surface area contributed by atoms with Crippen molar-refractivity contribution in [1.29, 1.82) is 0 Å². The van der Waals surface area contributed by atoms with Gasteiger partial charge in [0.15, 0.2) is 18.4 Å². The van der Waals surface area contributed by atoms with Gasteiger partial charge >= 0.3 is 5.97 Å². The Morgan fingerprint density at radius 2 is 1.65 bits per heavy atom. The van der Waals surface area contributed by atoms with Crippen molar-refractivity contribution in [1.82, 2.24) is 10.2 Å². The van der Waals surface area contributed by atoms with Gasteiger partial charge in [0.25, 0.3) is 0 Å². The van der Waals surface area contributed by atoms with Crippen molar-refractivity contribution >= 4 is 27.7 Å². The minimum Gasteiger partial charge on any atom is -0.462 e. The summed E-state index contributed by atoms with van der Waals surface area (Å²) < 4.78 is 65.4. The number of Topliss-reactive ketones (excluding diaryl/α,β-unsaturated/α-hetero) is 1. The van der Waals surface area contributed by atoms with E-state index in [1.54, 1.807) is 27.4 Å². The lowest BCUT2D eigenvalue weighted by atomic mass is 9.62. The Bertz CT molecular complexity index is 1760. The summed E-state index contributed by atoms with van der Waals surface area (Å²) >= 11 is 3.59. The molecule has 0 amide bonds. The van der Waals surface area contributed by atoms with Crippen LogP contribution < -0.4 is 5.32 Å². The number of hydrogen-bond donors (Lipinski definition) is 2. The molecule has 6 aliphatic rings. The summed E-state index contributed by atoms with van der Waals surface area (Å²) in [5.41, 5.74) is 1.29. The molecule has 3 heterocycles.